The number of carboxylic acids is 1. The minimum absolute atomic E-state index is 0.0223. The Balaban J connectivity index is 0. The summed E-state index contributed by atoms with van der Waals surface area (Å²) >= 11 is 0. The molecule has 0 radical (unpaired) electrons. The van der Waals surface area contributed by atoms with Crippen LogP contribution in [0.3, 0.4) is 0 Å². The van der Waals surface area contributed by atoms with Crippen LogP contribution < -0.4 is 0 Å². The zero-order chi connectivity index (χ0) is 18.1. The third-order valence-electron chi connectivity index (χ3n) is 2.15. The summed E-state index contributed by atoms with van der Waals surface area (Å²) in [6.45, 7) is 5.42. The first-order chi connectivity index (χ1) is 10.9. The molecule has 0 saturated heterocycles. The number of carbonyl (C=O) groups is 2. The molecular weight excluding hydrogens is 304 g/mol. The molecule has 8 heteroatoms. The summed E-state index contributed by atoms with van der Waals surface area (Å²) in [7, 11) is 1.51. The lowest BCUT2D eigenvalue weighted by Gasteiger charge is -2.01. The lowest BCUT2D eigenvalue weighted by Crippen LogP contribution is -2.10. The van der Waals surface area contributed by atoms with E-state index in [1.54, 1.807) is 12.1 Å². The van der Waals surface area contributed by atoms with Crippen LogP contribution in [0.1, 0.15) is 26.2 Å². The van der Waals surface area contributed by atoms with Crippen LogP contribution >= 0.6 is 0 Å². The molecule has 0 heterocycles. The van der Waals surface area contributed by atoms with Gasteiger partial charge in [0.15, 0.2) is 0 Å². The van der Waals surface area contributed by atoms with Gasteiger partial charge in [0.05, 0.1) is 6.61 Å². The molecule has 0 aromatic heterocycles. The molecule has 23 heavy (non-hydrogen) atoms. The Kier molecular flexibility index (Phi) is 15.4. The molecule has 0 aliphatic heterocycles. The number of carboxylic acid groups (broad SMARTS) is 1. The number of methoxy groups -OCH3 is 1. The average Bonchev–Trinajstić information content (AvgIpc) is 2.55. The normalized spacial score (nSPS) is 9.65. The van der Waals surface area contributed by atoms with Crippen molar-refractivity contribution >= 4 is 11.9 Å². The summed E-state index contributed by atoms with van der Waals surface area (Å²) in [6, 6.07) is 3.15. The molecule has 0 fully saturated rings. The van der Waals surface area contributed by atoms with Crippen LogP contribution in [0.2, 0.25) is 0 Å². The lowest BCUT2D eigenvalue weighted by molar-refractivity contribution is -0.271. The van der Waals surface area contributed by atoms with E-state index in [2.05, 4.69) is 16.4 Å². The SMILES string of the molecule is C=C(C#N)C(=O)O.CCCCC=C(C#N)C(=O)OOCCOC. The van der Waals surface area contributed by atoms with Crippen molar-refractivity contribution in [2.45, 2.75) is 26.2 Å². The smallest absolute Gasteiger partial charge is 0.383 e. The van der Waals surface area contributed by atoms with Crippen molar-refractivity contribution in [1.82, 2.24) is 0 Å². The second-order valence-corrected chi connectivity index (χ2v) is 3.95. The van der Waals surface area contributed by atoms with E-state index in [1.165, 1.54) is 13.2 Å². The van der Waals surface area contributed by atoms with E-state index in [0.29, 0.717) is 13.0 Å². The fourth-order valence-corrected chi connectivity index (χ4v) is 0.930. The van der Waals surface area contributed by atoms with Gasteiger partial charge in [-0.1, -0.05) is 32.4 Å². The van der Waals surface area contributed by atoms with Gasteiger partial charge >= 0.3 is 11.9 Å². The van der Waals surface area contributed by atoms with E-state index in [9.17, 15) is 9.59 Å². The Bertz CT molecular complexity index is 499. The number of hydrogen-bond donors (Lipinski definition) is 1. The van der Waals surface area contributed by atoms with E-state index >= 15 is 0 Å². The van der Waals surface area contributed by atoms with Gasteiger partial charge < -0.3 is 9.84 Å². The number of rotatable bonds is 9. The van der Waals surface area contributed by atoms with Gasteiger partial charge in [0.2, 0.25) is 0 Å². The maximum atomic E-state index is 11.3. The fourth-order valence-electron chi connectivity index (χ4n) is 0.930. The minimum Gasteiger partial charge on any atom is -0.477 e. The first kappa shape index (κ1) is 22.6. The highest BCUT2D eigenvalue weighted by atomic mass is 17.2. The number of carbonyl (C=O) groups excluding carboxylic acids is 1. The number of unbranched alkanes of at least 4 members (excludes halogenated alkanes) is 2. The van der Waals surface area contributed by atoms with Crippen molar-refractivity contribution in [2.24, 2.45) is 0 Å². The molecule has 0 aliphatic rings. The third-order valence-corrected chi connectivity index (χ3v) is 2.15. The van der Waals surface area contributed by atoms with Crippen LogP contribution in [-0.4, -0.2) is 37.4 Å². The van der Waals surface area contributed by atoms with Crippen molar-refractivity contribution in [3.8, 4) is 12.1 Å². The van der Waals surface area contributed by atoms with Gasteiger partial charge in [-0.25, -0.2) is 9.59 Å². The van der Waals surface area contributed by atoms with Crippen LogP contribution in [0.15, 0.2) is 23.8 Å². The zero-order valence-corrected chi connectivity index (χ0v) is 13.2. The summed E-state index contributed by atoms with van der Waals surface area (Å²) in [6.07, 6.45) is 4.19. The molecule has 0 amide bonds. The van der Waals surface area contributed by atoms with Crippen LogP contribution in [0.25, 0.3) is 0 Å². The summed E-state index contributed by atoms with van der Waals surface area (Å²) < 4.78 is 4.69. The molecule has 0 saturated carbocycles. The van der Waals surface area contributed by atoms with E-state index in [4.69, 9.17) is 20.4 Å². The largest absolute Gasteiger partial charge is 0.477 e. The van der Waals surface area contributed by atoms with Gasteiger partial charge in [-0.05, 0) is 6.42 Å². The average molecular weight is 324 g/mol. The van der Waals surface area contributed by atoms with Crippen molar-refractivity contribution in [1.29, 1.82) is 10.5 Å². The van der Waals surface area contributed by atoms with Crippen LogP contribution in [0, 0.1) is 22.7 Å². The van der Waals surface area contributed by atoms with E-state index in [-0.39, 0.29) is 12.2 Å². The second-order valence-electron chi connectivity index (χ2n) is 3.95. The topological polar surface area (TPSA) is 130 Å². The number of allylic oxidation sites excluding steroid dienone is 1. The van der Waals surface area contributed by atoms with Gasteiger partial charge in [-0.3, -0.25) is 4.89 Å². The number of aliphatic carboxylic acids is 1. The highest BCUT2D eigenvalue weighted by Gasteiger charge is 2.10. The third kappa shape index (κ3) is 14.0. The Morgan fingerprint density at radius 2 is 1.91 bits per heavy atom. The van der Waals surface area contributed by atoms with E-state index in [1.807, 2.05) is 6.92 Å². The van der Waals surface area contributed by atoms with Gasteiger partial charge in [-0.2, -0.15) is 15.4 Å². The highest BCUT2D eigenvalue weighted by Crippen LogP contribution is 2.03. The molecule has 0 aliphatic carbocycles. The number of hydrogen-bond acceptors (Lipinski definition) is 7. The molecule has 0 atom stereocenters. The molecule has 0 rings (SSSR count). The van der Waals surface area contributed by atoms with Crippen LogP contribution in [0.5, 0.6) is 0 Å². The van der Waals surface area contributed by atoms with Gasteiger partial charge in [0, 0.05) is 7.11 Å². The number of nitrogens with zero attached hydrogens (tertiary/aromatic N) is 2. The van der Waals surface area contributed by atoms with Gasteiger partial charge in [0.1, 0.15) is 29.9 Å². The molecule has 0 aromatic rings. The standard InChI is InChI=1S/C11H17NO4.C4H3NO2/c1-3-4-5-6-10(9-12)11(13)16-15-8-7-14-2;1-3(2-5)4(6)7/h6H,3-5,7-8H2,1-2H3;1H2,(H,6,7). The van der Waals surface area contributed by atoms with Crippen molar-refractivity contribution in [3.63, 3.8) is 0 Å². The molecule has 0 aromatic carbocycles. The Morgan fingerprint density at radius 1 is 1.26 bits per heavy atom. The van der Waals surface area contributed by atoms with Crippen LogP contribution in [0.4, 0.5) is 0 Å². The molecular formula is C15H20N2O6. The maximum Gasteiger partial charge on any atom is 0.383 e. The van der Waals surface area contributed by atoms with Crippen LogP contribution in [-0.2, 0) is 24.1 Å². The Hall–Kier alpha value is -2.68. The van der Waals surface area contributed by atoms with Crippen molar-refractivity contribution in [3.05, 3.63) is 23.8 Å². The number of nitriles is 2. The lowest BCUT2D eigenvalue weighted by atomic mass is 10.2. The van der Waals surface area contributed by atoms with Crippen molar-refractivity contribution < 1.29 is 29.2 Å². The second kappa shape index (κ2) is 15.7. The molecule has 0 unspecified atom stereocenters. The summed E-state index contributed by atoms with van der Waals surface area (Å²) in [5.74, 6) is -2.02. The zero-order valence-electron chi connectivity index (χ0n) is 13.2. The minimum atomic E-state index is -1.26. The quantitative estimate of drug-likeness (QED) is 0.224. The molecule has 1 N–H and O–H groups in total. The predicted molar refractivity (Wildman–Crippen MR) is 79.5 cm³/mol. The summed E-state index contributed by atoms with van der Waals surface area (Å²) in [5.41, 5.74) is -0.453. The molecule has 126 valence electrons. The predicted octanol–water partition coefficient (Wildman–Crippen LogP) is 1.90. The summed E-state index contributed by atoms with van der Waals surface area (Å²) in [4.78, 5) is 29.8. The maximum absolute atomic E-state index is 11.3. The highest BCUT2D eigenvalue weighted by molar-refractivity contribution is 5.92. The number of ether oxygens (including phenoxy) is 1. The monoisotopic (exact) mass is 324 g/mol. The molecule has 0 bridgehead atoms. The van der Waals surface area contributed by atoms with Gasteiger partial charge in [-0.15, -0.1) is 0 Å². The molecule has 0 spiro atoms. The Morgan fingerprint density at radius 3 is 2.30 bits per heavy atom. The molecule has 8 nitrogen and oxygen atoms in total. The summed E-state index contributed by atoms with van der Waals surface area (Å²) in [5, 5.41) is 24.3. The first-order valence-electron chi connectivity index (χ1n) is 6.69. The van der Waals surface area contributed by atoms with Gasteiger partial charge in [0.25, 0.3) is 0 Å². The Labute approximate surface area is 135 Å². The first-order valence-corrected chi connectivity index (χ1v) is 6.69. The van der Waals surface area contributed by atoms with Crippen molar-refractivity contribution in [2.75, 3.05) is 20.3 Å². The fraction of sp³-hybridized carbons (Fsp3) is 0.467. The van der Waals surface area contributed by atoms with E-state index in [0.717, 1.165) is 12.8 Å². The van der Waals surface area contributed by atoms with E-state index < -0.39 is 17.5 Å².